The lowest BCUT2D eigenvalue weighted by atomic mass is 10.2. The Hall–Kier alpha value is -2.55. The number of nitrogens with zero attached hydrogens (tertiary/aromatic N) is 2. The highest BCUT2D eigenvalue weighted by atomic mass is 16.2. The van der Waals surface area contributed by atoms with Gasteiger partial charge in [0.25, 0.3) is 5.91 Å². The van der Waals surface area contributed by atoms with Crippen LogP contribution in [0, 0.1) is 0 Å². The maximum atomic E-state index is 12.4. The molecule has 0 aliphatic rings. The van der Waals surface area contributed by atoms with Crippen LogP contribution in [0.15, 0.2) is 72.8 Å². The normalized spacial score (nSPS) is 10.0. The van der Waals surface area contributed by atoms with Gasteiger partial charge in [0.2, 0.25) is 0 Å². The summed E-state index contributed by atoms with van der Waals surface area (Å²) in [5.41, 5.74) is 2.41. The molecule has 0 atom stereocenters. The second-order valence-corrected chi connectivity index (χ2v) is 4.78. The molecule has 0 heterocycles. The Morgan fingerprint density at radius 2 is 1.38 bits per heavy atom. The van der Waals surface area contributed by atoms with Gasteiger partial charge in [0, 0.05) is 12.1 Å². The quantitative estimate of drug-likeness (QED) is 0.606. The van der Waals surface area contributed by atoms with Crippen molar-refractivity contribution in [2.45, 2.75) is 13.8 Å². The summed E-state index contributed by atoms with van der Waals surface area (Å²) in [7, 11) is 0. The van der Waals surface area contributed by atoms with E-state index in [1.807, 2.05) is 72.6 Å². The number of carbonyl (C=O) groups is 1. The molecule has 0 spiro atoms. The fourth-order valence-electron chi connectivity index (χ4n) is 2.16. The fourth-order valence-corrected chi connectivity index (χ4v) is 2.16. The number of likely N-dealkylation sites (N-methyl/N-ethyl adjacent to an activating group) is 1. The van der Waals surface area contributed by atoms with Gasteiger partial charge in [0.1, 0.15) is 0 Å². The lowest BCUT2D eigenvalue weighted by molar-refractivity contribution is -0.126. The number of carbonyl (C=O) groups excluding carboxylic acids is 1. The zero-order valence-corrected chi connectivity index (χ0v) is 12.5. The van der Waals surface area contributed by atoms with Crippen LogP contribution in [0.5, 0.6) is 0 Å². The molecule has 0 unspecified atom stereocenters. The highest BCUT2D eigenvalue weighted by Crippen LogP contribution is 2.27. The summed E-state index contributed by atoms with van der Waals surface area (Å²) in [6, 6.07) is 19.7. The first-order chi connectivity index (χ1) is 10.1. The number of hydrogen-bond donors (Lipinski definition) is 0. The van der Waals surface area contributed by atoms with Crippen molar-refractivity contribution in [3.63, 3.8) is 0 Å². The molecule has 108 valence electrons. The van der Waals surface area contributed by atoms with E-state index in [0.717, 1.165) is 11.4 Å². The van der Waals surface area contributed by atoms with Gasteiger partial charge in [0.05, 0.1) is 11.4 Å². The molecule has 0 N–H and O–H groups in total. The third-order valence-electron chi connectivity index (χ3n) is 3.14. The number of benzene rings is 2. The largest absolute Gasteiger partial charge is 0.268 e. The minimum atomic E-state index is -0.0785. The van der Waals surface area contributed by atoms with E-state index >= 15 is 0 Å². The van der Waals surface area contributed by atoms with Crippen LogP contribution in [0.2, 0.25) is 0 Å². The van der Waals surface area contributed by atoms with E-state index in [2.05, 4.69) is 6.58 Å². The zero-order chi connectivity index (χ0) is 15.2. The van der Waals surface area contributed by atoms with Gasteiger partial charge >= 0.3 is 0 Å². The molecule has 2 aromatic rings. The van der Waals surface area contributed by atoms with Gasteiger partial charge in [-0.2, -0.15) is 0 Å². The third kappa shape index (κ3) is 3.31. The number of hydrazine groups is 1. The average Bonchev–Trinajstić information content (AvgIpc) is 2.53. The lowest BCUT2D eigenvalue weighted by Gasteiger charge is -2.36. The van der Waals surface area contributed by atoms with Gasteiger partial charge in [-0.3, -0.25) is 9.80 Å². The smallest absolute Gasteiger partial charge is 0.267 e. The highest BCUT2D eigenvalue weighted by Gasteiger charge is 2.22. The van der Waals surface area contributed by atoms with Crippen LogP contribution in [-0.2, 0) is 4.79 Å². The summed E-state index contributed by atoms with van der Waals surface area (Å²) in [6.45, 7) is 8.03. The molecule has 21 heavy (non-hydrogen) atoms. The predicted octanol–water partition coefficient (Wildman–Crippen LogP) is 4.16. The van der Waals surface area contributed by atoms with E-state index in [0.29, 0.717) is 12.1 Å². The lowest BCUT2D eigenvalue weighted by Crippen LogP contribution is -2.44. The maximum Gasteiger partial charge on any atom is 0.267 e. The van der Waals surface area contributed by atoms with E-state index in [1.165, 1.54) is 0 Å². The first-order valence-electron chi connectivity index (χ1n) is 7.02. The van der Waals surface area contributed by atoms with Crippen LogP contribution in [0.3, 0.4) is 0 Å². The molecule has 2 aromatic carbocycles. The predicted molar refractivity (Wildman–Crippen MR) is 87.2 cm³/mol. The summed E-state index contributed by atoms with van der Waals surface area (Å²) in [4.78, 5) is 12.4. The van der Waals surface area contributed by atoms with E-state index < -0.39 is 0 Å². The van der Waals surface area contributed by atoms with Crippen molar-refractivity contribution >= 4 is 17.3 Å². The van der Waals surface area contributed by atoms with Crippen molar-refractivity contribution in [3.8, 4) is 0 Å². The van der Waals surface area contributed by atoms with Crippen LogP contribution >= 0.6 is 0 Å². The Morgan fingerprint density at radius 1 is 0.952 bits per heavy atom. The first kappa shape index (κ1) is 14.9. The number of amides is 1. The van der Waals surface area contributed by atoms with Gasteiger partial charge in [-0.1, -0.05) is 43.0 Å². The topological polar surface area (TPSA) is 23.6 Å². The van der Waals surface area contributed by atoms with Crippen molar-refractivity contribution in [3.05, 3.63) is 72.8 Å². The molecule has 2 rings (SSSR count). The Morgan fingerprint density at radius 3 is 1.71 bits per heavy atom. The number of para-hydroxylation sites is 2. The molecule has 1 amide bonds. The Bertz CT molecular complexity index is 568. The minimum absolute atomic E-state index is 0.0785. The second kappa shape index (κ2) is 6.75. The molecule has 0 aliphatic carbocycles. The van der Waals surface area contributed by atoms with Crippen molar-refractivity contribution in [1.82, 2.24) is 5.01 Å². The molecule has 0 aliphatic heterocycles. The molecular formula is C18H20N2O. The van der Waals surface area contributed by atoms with Crippen molar-refractivity contribution in [2.24, 2.45) is 0 Å². The molecule has 0 fully saturated rings. The maximum absolute atomic E-state index is 12.4. The van der Waals surface area contributed by atoms with E-state index in [9.17, 15) is 4.79 Å². The Labute approximate surface area is 126 Å². The van der Waals surface area contributed by atoms with E-state index in [4.69, 9.17) is 0 Å². The second-order valence-electron chi connectivity index (χ2n) is 4.78. The molecule has 0 saturated carbocycles. The standard InChI is InChI=1S/C18H20N2O/c1-4-19(18(21)15(2)3)20(16-11-7-5-8-12-16)17-13-9-6-10-14-17/h5-14H,2,4H2,1,3H3. The number of anilines is 2. The Kier molecular flexibility index (Phi) is 4.77. The summed E-state index contributed by atoms with van der Waals surface area (Å²) < 4.78 is 0. The Balaban J connectivity index is 2.50. The van der Waals surface area contributed by atoms with Gasteiger partial charge in [0.15, 0.2) is 0 Å². The molecule has 3 heteroatoms. The molecule has 0 bridgehead atoms. The fraction of sp³-hybridized carbons (Fsp3) is 0.167. The molecular weight excluding hydrogens is 260 g/mol. The van der Waals surface area contributed by atoms with Crippen LogP contribution in [-0.4, -0.2) is 17.5 Å². The monoisotopic (exact) mass is 280 g/mol. The van der Waals surface area contributed by atoms with Crippen LogP contribution in [0.25, 0.3) is 0 Å². The summed E-state index contributed by atoms with van der Waals surface area (Å²) in [6.07, 6.45) is 0. The summed E-state index contributed by atoms with van der Waals surface area (Å²) in [5, 5.41) is 3.63. The van der Waals surface area contributed by atoms with Crippen LogP contribution < -0.4 is 5.01 Å². The third-order valence-corrected chi connectivity index (χ3v) is 3.14. The highest BCUT2D eigenvalue weighted by molar-refractivity contribution is 5.94. The first-order valence-corrected chi connectivity index (χ1v) is 7.02. The molecule has 0 saturated heterocycles. The van der Waals surface area contributed by atoms with Gasteiger partial charge < -0.3 is 0 Å². The zero-order valence-electron chi connectivity index (χ0n) is 12.5. The van der Waals surface area contributed by atoms with Gasteiger partial charge in [-0.15, -0.1) is 0 Å². The van der Waals surface area contributed by atoms with E-state index in [-0.39, 0.29) is 5.91 Å². The number of rotatable bonds is 5. The van der Waals surface area contributed by atoms with Crippen LogP contribution in [0.4, 0.5) is 11.4 Å². The SMILES string of the molecule is C=C(C)C(=O)N(CC)N(c1ccccc1)c1ccccc1. The van der Waals surface area contributed by atoms with Crippen LogP contribution in [0.1, 0.15) is 13.8 Å². The summed E-state index contributed by atoms with van der Waals surface area (Å²) >= 11 is 0. The van der Waals surface area contributed by atoms with Crippen molar-refractivity contribution in [1.29, 1.82) is 0 Å². The molecule has 3 nitrogen and oxygen atoms in total. The van der Waals surface area contributed by atoms with Gasteiger partial charge in [-0.05, 0) is 38.1 Å². The minimum Gasteiger partial charge on any atom is -0.268 e. The molecule has 0 radical (unpaired) electrons. The van der Waals surface area contributed by atoms with Crippen molar-refractivity contribution < 1.29 is 4.79 Å². The average molecular weight is 280 g/mol. The number of hydrogen-bond acceptors (Lipinski definition) is 2. The molecule has 0 aromatic heterocycles. The summed E-state index contributed by atoms with van der Waals surface area (Å²) in [5.74, 6) is -0.0785. The van der Waals surface area contributed by atoms with Crippen molar-refractivity contribution in [2.75, 3.05) is 11.6 Å². The van der Waals surface area contributed by atoms with Gasteiger partial charge in [-0.25, -0.2) is 5.01 Å². The van der Waals surface area contributed by atoms with E-state index in [1.54, 1.807) is 11.9 Å².